The molecule has 0 saturated heterocycles. The van der Waals surface area contributed by atoms with E-state index >= 15 is 0 Å². The third-order valence-corrected chi connectivity index (χ3v) is 2.81. The van der Waals surface area contributed by atoms with Crippen LogP contribution in [0.4, 0.5) is 0 Å². The summed E-state index contributed by atoms with van der Waals surface area (Å²) in [5.74, 6) is -0.0639. The van der Waals surface area contributed by atoms with E-state index in [-0.39, 0.29) is 11.7 Å². The van der Waals surface area contributed by atoms with E-state index in [4.69, 9.17) is 11.6 Å². The number of nitrogens with zero attached hydrogens (tertiary/aromatic N) is 2. The van der Waals surface area contributed by atoms with Crippen LogP contribution in [0.25, 0.3) is 0 Å². The van der Waals surface area contributed by atoms with E-state index in [1.807, 2.05) is 0 Å². The smallest absolute Gasteiger partial charge is 0.181 e. The van der Waals surface area contributed by atoms with Crippen molar-refractivity contribution < 1.29 is 4.79 Å². The van der Waals surface area contributed by atoms with Gasteiger partial charge in [-0.2, -0.15) is 5.10 Å². The highest BCUT2D eigenvalue weighted by Gasteiger charge is 2.11. The van der Waals surface area contributed by atoms with Gasteiger partial charge in [0.05, 0.1) is 17.6 Å². The first kappa shape index (κ1) is 8.99. The van der Waals surface area contributed by atoms with Crippen LogP contribution in [0.3, 0.4) is 0 Å². The van der Waals surface area contributed by atoms with Gasteiger partial charge in [0.1, 0.15) is 3.70 Å². The Morgan fingerprint density at radius 3 is 2.91 bits per heavy atom. The molecule has 0 unspecified atom stereocenters. The van der Waals surface area contributed by atoms with Crippen LogP contribution in [0.5, 0.6) is 0 Å². The van der Waals surface area contributed by atoms with E-state index in [0.717, 1.165) is 3.70 Å². The van der Waals surface area contributed by atoms with Crippen LogP contribution in [0.1, 0.15) is 10.4 Å². The lowest BCUT2D eigenvalue weighted by Crippen LogP contribution is -2.02. The Bertz CT molecular complexity index is 284. The zero-order valence-electron chi connectivity index (χ0n) is 5.84. The molecule has 0 spiro atoms. The average molecular weight is 284 g/mol. The van der Waals surface area contributed by atoms with Crippen LogP contribution in [0.2, 0.25) is 0 Å². The third-order valence-electron chi connectivity index (χ3n) is 1.29. The molecule has 0 atom stereocenters. The van der Waals surface area contributed by atoms with Crippen LogP contribution in [0, 0.1) is 3.70 Å². The number of halogens is 2. The van der Waals surface area contributed by atoms with E-state index in [9.17, 15) is 4.79 Å². The molecule has 0 aromatic carbocycles. The number of carbonyl (C=O) groups excluding carboxylic acids is 1. The first-order valence-corrected chi connectivity index (χ1v) is 4.54. The number of Topliss-reactive ketones (excluding diaryl/α,β-unsaturated/α-hetero) is 1. The van der Waals surface area contributed by atoms with E-state index in [2.05, 4.69) is 27.7 Å². The maximum Gasteiger partial charge on any atom is 0.181 e. The van der Waals surface area contributed by atoms with Crippen LogP contribution < -0.4 is 0 Å². The monoisotopic (exact) mass is 284 g/mol. The van der Waals surface area contributed by atoms with Gasteiger partial charge in [0.2, 0.25) is 0 Å². The molecule has 0 aliphatic heterocycles. The van der Waals surface area contributed by atoms with Gasteiger partial charge in [0.25, 0.3) is 0 Å². The number of hydrogen-bond acceptors (Lipinski definition) is 2. The Labute approximate surface area is 82.9 Å². The SMILES string of the molecule is Cn1ncc(C(=O)CCl)c1I. The van der Waals surface area contributed by atoms with E-state index in [1.165, 1.54) is 6.20 Å². The topological polar surface area (TPSA) is 34.9 Å². The molecule has 1 rings (SSSR count). The van der Waals surface area contributed by atoms with Crippen LogP contribution in [-0.2, 0) is 7.05 Å². The Morgan fingerprint density at radius 2 is 2.55 bits per heavy atom. The fraction of sp³-hybridized carbons (Fsp3) is 0.333. The summed E-state index contributed by atoms with van der Waals surface area (Å²) in [5, 5.41) is 3.91. The molecule has 1 aromatic heterocycles. The summed E-state index contributed by atoms with van der Waals surface area (Å²) in [6.45, 7) is 0. The van der Waals surface area contributed by atoms with Gasteiger partial charge in [-0.1, -0.05) is 0 Å². The summed E-state index contributed by atoms with van der Waals surface area (Å²) in [5.41, 5.74) is 0.600. The van der Waals surface area contributed by atoms with Crippen LogP contribution in [-0.4, -0.2) is 21.4 Å². The van der Waals surface area contributed by atoms with Crippen molar-refractivity contribution in [2.75, 3.05) is 5.88 Å². The highest BCUT2D eigenvalue weighted by Crippen LogP contribution is 2.11. The van der Waals surface area contributed by atoms with Crippen molar-refractivity contribution in [1.82, 2.24) is 9.78 Å². The second-order valence-electron chi connectivity index (χ2n) is 2.03. The van der Waals surface area contributed by atoms with Crippen molar-refractivity contribution in [2.24, 2.45) is 7.05 Å². The van der Waals surface area contributed by atoms with Gasteiger partial charge in [-0.15, -0.1) is 11.6 Å². The third kappa shape index (κ3) is 1.73. The Morgan fingerprint density at radius 1 is 1.91 bits per heavy atom. The molecule has 60 valence electrons. The van der Waals surface area contributed by atoms with Crippen molar-refractivity contribution in [2.45, 2.75) is 0 Å². The fourth-order valence-electron chi connectivity index (χ4n) is 0.682. The molecule has 0 aliphatic carbocycles. The lowest BCUT2D eigenvalue weighted by molar-refractivity contribution is 0.102. The maximum absolute atomic E-state index is 11.1. The number of alkyl halides is 1. The van der Waals surface area contributed by atoms with Crippen LogP contribution >= 0.6 is 34.2 Å². The minimum absolute atomic E-state index is 0.0156. The van der Waals surface area contributed by atoms with Gasteiger partial charge in [0.15, 0.2) is 5.78 Å². The van der Waals surface area contributed by atoms with Crippen molar-refractivity contribution in [3.63, 3.8) is 0 Å². The molecule has 0 N–H and O–H groups in total. The lowest BCUT2D eigenvalue weighted by Gasteiger charge is -1.93. The molecular formula is C6H6ClIN2O. The second kappa shape index (κ2) is 3.53. The summed E-state index contributed by atoms with van der Waals surface area (Å²) in [6.07, 6.45) is 1.53. The van der Waals surface area contributed by atoms with Crippen LogP contribution in [0.15, 0.2) is 6.20 Å². The van der Waals surface area contributed by atoms with Crippen molar-refractivity contribution in [3.05, 3.63) is 15.5 Å². The minimum atomic E-state index is -0.0795. The minimum Gasteiger partial charge on any atom is -0.293 e. The highest BCUT2D eigenvalue weighted by molar-refractivity contribution is 14.1. The maximum atomic E-state index is 11.1. The molecule has 3 nitrogen and oxygen atoms in total. The largest absolute Gasteiger partial charge is 0.293 e. The molecule has 0 aliphatic rings. The molecule has 1 heterocycles. The number of aryl methyl sites for hydroxylation is 1. The van der Waals surface area contributed by atoms with Gasteiger partial charge >= 0.3 is 0 Å². The zero-order valence-corrected chi connectivity index (χ0v) is 8.76. The predicted octanol–water partition coefficient (Wildman–Crippen LogP) is 1.45. The first-order chi connectivity index (χ1) is 5.16. The van der Waals surface area contributed by atoms with E-state index < -0.39 is 0 Å². The molecule has 0 fully saturated rings. The number of carbonyl (C=O) groups is 1. The molecule has 0 amide bonds. The average Bonchev–Trinajstić information content (AvgIpc) is 2.32. The molecule has 11 heavy (non-hydrogen) atoms. The molecular weight excluding hydrogens is 278 g/mol. The van der Waals surface area contributed by atoms with Crippen molar-refractivity contribution in [3.8, 4) is 0 Å². The predicted molar refractivity (Wildman–Crippen MR) is 51.0 cm³/mol. The lowest BCUT2D eigenvalue weighted by atomic mass is 10.3. The second-order valence-corrected chi connectivity index (χ2v) is 3.32. The van der Waals surface area contributed by atoms with Crippen molar-refractivity contribution in [1.29, 1.82) is 0 Å². The normalized spacial score (nSPS) is 10.1. The summed E-state index contributed by atoms with van der Waals surface area (Å²) >= 11 is 7.44. The Hall–Kier alpha value is -0.100. The molecule has 0 radical (unpaired) electrons. The Balaban J connectivity index is 3.04. The van der Waals surface area contributed by atoms with Crippen molar-refractivity contribution >= 4 is 40.0 Å². The van der Waals surface area contributed by atoms with Gasteiger partial charge < -0.3 is 0 Å². The number of rotatable bonds is 2. The van der Waals surface area contributed by atoms with Gasteiger partial charge in [-0.3, -0.25) is 9.48 Å². The summed E-state index contributed by atoms with van der Waals surface area (Å²) in [4.78, 5) is 11.1. The zero-order chi connectivity index (χ0) is 8.43. The van der Waals surface area contributed by atoms with Gasteiger partial charge in [-0.05, 0) is 22.6 Å². The quantitative estimate of drug-likeness (QED) is 0.468. The number of ketones is 1. The van der Waals surface area contributed by atoms with E-state index in [1.54, 1.807) is 11.7 Å². The number of hydrogen-bond donors (Lipinski definition) is 0. The Kier molecular flexibility index (Phi) is 2.89. The summed E-state index contributed by atoms with van der Waals surface area (Å²) in [7, 11) is 1.78. The molecule has 5 heteroatoms. The molecule has 1 aromatic rings. The van der Waals surface area contributed by atoms with Gasteiger partial charge in [-0.25, -0.2) is 0 Å². The molecule has 0 bridgehead atoms. The number of aromatic nitrogens is 2. The highest BCUT2D eigenvalue weighted by atomic mass is 127. The standard InChI is InChI=1S/C6H6ClIN2O/c1-10-6(8)4(3-9-10)5(11)2-7/h3H,2H2,1H3. The molecule has 0 saturated carbocycles. The van der Waals surface area contributed by atoms with E-state index in [0.29, 0.717) is 5.56 Å². The van der Waals surface area contributed by atoms with Gasteiger partial charge in [0, 0.05) is 7.05 Å². The first-order valence-electron chi connectivity index (χ1n) is 2.93. The summed E-state index contributed by atoms with van der Waals surface area (Å²) in [6, 6.07) is 0. The fourth-order valence-corrected chi connectivity index (χ4v) is 1.39. The summed E-state index contributed by atoms with van der Waals surface area (Å²) < 4.78 is 2.47.